The van der Waals surface area contributed by atoms with Crippen molar-refractivity contribution in [2.45, 2.75) is 302 Å². The van der Waals surface area contributed by atoms with Crippen molar-refractivity contribution >= 4 is 11.9 Å². The van der Waals surface area contributed by atoms with Crippen molar-refractivity contribution in [2.75, 3.05) is 13.2 Å². The molecule has 70 heavy (non-hydrogen) atoms. The number of carbonyl (C=O) groups is 2. The van der Waals surface area contributed by atoms with Gasteiger partial charge in [0.15, 0.2) is 6.10 Å². The van der Waals surface area contributed by atoms with Gasteiger partial charge in [-0.2, -0.15) is 0 Å². The van der Waals surface area contributed by atoms with Crippen molar-refractivity contribution in [3.63, 3.8) is 0 Å². The van der Waals surface area contributed by atoms with Crippen molar-refractivity contribution in [3.05, 3.63) is 85.1 Å². The first-order valence-electron chi connectivity index (χ1n) is 30.1. The van der Waals surface area contributed by atoms with Crippen molar-refractivity contribution in [1.82, 2.24) is 0 Å². The fourth-order valence-corrected chi connectivity index (χ4v) is 8.67. The van der Waals surface area contributed by atoms with Crippen molar-refractivity contribution in [2.24, 2.45) is 0 Å². The Balaban J connectivity index is 3.47. The van der Waals surface area contributed by atoms with Crippen LogP contribution in [0.2, 0.25) is 0 Å². The van der Waals surface area contributed by atoms with E-state index in [1.54, 1.807) is 0 Å². The number of aliphatic hydroxyl groups is 1. The molecule has 0 aliphatic rings. The van der Waals surface area contributed by atoms with Gasteiger partial charge in [0.1, 0.15) is 6.61 Å². The summed E-state index contributed by atoms with van der Waals surface area (Å²) in [4.78, 5) is 24.6. The summed E-state index contributed by atoms with van der Waals surface area (Å²) in [5, 5.41) is 9.67. The fraction of sp³-hybridized carbons (Fsp3) is 0.754. The predicted molar refractivity (Wildman–Crippen MR) is 306 cm³/mol. The van der Waals surface area contributed by atoms with E-state index in [1.165, 1.54) is 193 Å². The lowest BCUT2D eigenvalue weighted by Crippen LogP contribution is -2.28. The summed E-state index contributed by atoms with van der Waals surface area (Å²) in [5.41, 5.74) is 0. The van der Waals surface area contributed by atoms with Gasteiger partial charge in [-0.1, -0.05) is 279 Å². The first-order valence-corrected chi connectivity index (χ1v) is 30.1. The molecule has 0 aliphatic carbocycles. The van der Waals surface area contributed by atoms with Crippen LogP contribution in [0.5, 0.6) is 0 Å². The van der Waals surface area contributed by atoms with Crippen LogP contribution in [-0.4, -0.2) is 36.4 Å². The summed E-state index contributed by atoms with van der Waals surface area (Å²) in [7, 11) is 0. The van der Waals surface area contributed by atoms with E-state index in [-0.39, 0.29) is 25.2 Å². The third kappa shape index (κ3) is 57.7. The Morgan fingerprint density at radius 3 is 0.929 bits per heavy atom. The van der Waals surface area contributed by atoms with Gasteiger partial charge in [0.05, 0.1) is 6.61 Å². The summed E-state index contributed by atoms with van der Waals surface area (Å²) < 4.78 is 10.7. The molecule has 0 aromatic carbocycles. The van der Waals surface area contributed by atoms with Crippen LogP contribution in [0.3, 0.4) is 0 Å². The standard InChI is InChI=1S/C65H114O5/c1-3-5-7-9-11-13-15-17-19-21-23-25-27-29-31-32-34-35-37-39-41-43-45-47-49-51-53-55-57-59-64(67)69-62-63(61-66)70-65(68)60-58-56-54-52-50-48-46-44-42-40-38-36-33-30-28-26-24-22-20-18-16-14-12-10-8-6-4-2/h6,8,12,14-15,17-18,20-21,23-24,26,30,33,63,66H,3-5,7,9-11,13,16,19,22,25,27-29,31-32,34-62H2,1-2H3/b8-6-,14-12-,17-15-,20-18-,23-21-,26-24-,33-30-. The first-order chi connectivity index (χ1) is 34.6. The Labute approximate surface area is 435 Å². The average Bonchev–Trinajstić information content (AvgIpc) is 3.36. The third-order valence-corrected chi connectivity index (χ3v) is 13.2. The number of unbranched alkanes of at least 4 members (excludes halogenated alkanes) is 33. The number of esters is 2. The molecule has 0 saturated carbocycles. The van der Waals surface area contributed by atoms with Gasteiger partial charge in [-0.3, -0.25) is 9.59 Å². The molecule has 0 aromatic heterocycles. The molecule has 0 spiro atoms. The summed E-state index contributed by atoms with van der Waals surface area (Å²) in [6.07, 6.45) is 84.2. The van der Waals surface area contributed by atoms with E-state index in [2.05, 4.69) is 98.9 Å². The molecule has 0 amide bonds. The van der Waals surface area contributed by atoms with Crippen LogP contribution in [0.1, 0.15) is 296 Å². The molecular weight excluding hydrogens is 861 g/mol. The number of rotatable bonds is 55. The van der Waals surface area contributed by atoms with Crippen LogP contribution in [0.15, 0.2) is 85.1 Å². The Morgan fingerprint density at radius 1 is 0.343 bits per heavy atom. The zero-order valence-electron chi connectivity index (χ0n) is 46.3. The van der Waals surface area contributed by atoms with E-state index in [0.29, 0.717) is 12.8 Å². The lowest BCUT2D eigenvalue weighted by atomic mass is 10.0. The first kappa shape index (κ1) is 67.1. The van der Waals surface area contributed by atoms with Crippen molar-refractivity contribution < 1.29 is 24.2 Å². The summed E-state index contributed by atoms with van der Waals surface area (Å²) in [6, 6.07) is 0. The molecular formula is C65H114O5. The highest BCUT2D eigenvalue weighted by atomic mass is 16.6. The number of hydrogen-bond donors (Lipinski definition) is 1. The summed E-state index contributed by atoms with van der Waals surface area (Å²) in [6.45, 7) is 4.04. The smallest absolute Gasteiger partial charge is 0.306 e. The van der Waals surface area contributed by atoms with Gasteiger partial charge in [-0.05, 0) is 89.9 Å². The molecule has 5 heteroatoms. The minimum Gasteiger partial charge on any atom is -0.462 e. The highest BCUT2D eigenvalue weighted by Gasteiger charge is 2.16. The minimum atomic E-state index is -0.778. The lowest BCUT2D eigenvalue weighted by molar-refractivity contribution is -0.161. The highest BCUT2D eigenvalue weighted by Crippen LogP contribution is 2.17. The lowest BCUT2D eigenvalue weighted by Gasteiger charge is -2.15. The topological polar surface area (TPSA) is 72.8 Å². The Bertz CT molecular complexity index is 1290. The Kier molecular flexibility index (Phi) is 57.9. The largest absolute Gasteiger partial charge is 0.462 e. The number of hydrogen-bond acceptors (Lipinski definition) is 5. The van der Waals surface area contributed by atoms with Crippen LogP contribution >= 0.6 is 0 Å². The van der Waals surface area contributed by atoms with E-state index < -0.39 is 6.10 Å². The molecule has 0 rings (SSSR count). The van der Waals surface area contributed by atoms with E-state index in [4.69, 9.17) is 9.47 Å². The monoisotopic (exact) mass is 975 g/mol. The number of aliphatic hydroxyl groups excluding tert-OH is 1. The Hall–Kier alpha value is -2.92. The number of allylic oxidation sites excluding steroid dienone is 14. The maximum absolute atomic E-state index is 12.3. The molecule has 1 unspecified atom stereocenters. The second kappa shape index (κ2) is 60.4. The second-order valence-electron chi connectivity index (χ2n) is 20.0. The second-order valence-corrected chi connectivity index (χ2v) is 20.0. The normalized spacial score (nSPS) is 12.8. The van der Waals surface area contributed by atoms with Gasteiger partial charge in [0, 0.05) is 12.8 Å². The molecule has 0 saturated heterocycles. The molecule has 1 N–H and O–H groups in total. The number of carbonyl (C=O) groups excluding carboxylic acids is 2. The molecule has 1 atom stereocenters. The van der Waals surface area contributed by atoms with Gasteiger partial charge in [0.2, 0.25) is 0 Å². The third-order valence-electron chi connectivity index (χ3n) is 13.2. The molecule has 0 heterocycles. The van der Waals surface area contributed by atoms with Crippen LogP contribution in [0.25, 0.3) is 0 Å². The number of ether oxygens (including phenoxy) is 2. The summed E-state index contributed by atoms with van der Waals surface area (Å²) in [5.74, 6) is -0.586. The Morgan fingerprint density at radius 2 is 0.614 bits per heavy atom. The van der Waals surface area contributed by atoms with E-state index in [1.807, 2.05) is 0 Å². The van der Waals surface area contributed by atoms with Crippen LogP contribution in [-0.2, 0) is 19.1 Å². The predicted octanol–water partition coefficient (Wildman–Crippen LogP) is 20.5. The van der Waals surface area contributed by atoms with Crippen molar-refractivity contribution in [1.29, 1.82) is 0 Å². The van der Waals surface area contributed by atoms with Crippen LogP contribution < -0.4 is 0 Å². The molecule has 0 aliphatic heterocycles. The molecule has 0 aromatic rings. The molecule has 0 bridgehead atoms. The zero-order chi connectivity index (χ0) is 50.6. The van der Waals surface area contributed by atoms with Gasteiger partial charge in [-0.15, -0.1) is 0 Å². The van der Waals surface area contributed by atoms with Gasteiger partial charge < -0.3 is 14.6 Å². The molecule has 404 valence electrons. The highest BCUT2D eigenvalue weighted by molar-refractivity contribution is 5.70. The fourth-order valence-electron chi connectivity index (χ4n) is 8.67. The zero-order valence-corrected chi connectivity index (χ0v) is 46.3. The SMILES string of the molecule is CC/C=C\C/C=C\C/C=C\C/C=C\C/C=C\CCCCCCCCCCCCCC(=O)OC(CO)COC(=O)CCCCCCCCCCCCCCCCCCC/C=C\C/C=C\CCCCCCC. The van der Waals surface area contributed by atoms with E-state index in [9.17, 15) is 14.7 Å². The van der Waals surface area contributed by atoms with Crippen LogP contribution in [0, 0.1) is 0 Å². The summed E-state index contributed by atoms with van der Waals surface area (Å²) >= 11 is 0. The van der Waals surface area contributed by atoms with Crippen molar-refractivity contribution in [3.8, 4) is 0 Å². The van der Waals surface area contributed by atoms with E-state index >= 15 is 0 Å². The maximum atomic E-state index is 12.3. The molecule has 5 nitrogen and oxygen atoms in total. The molecule has 0 fully saturated rings. The van der Waals surface area contributed by atoms with Gasteiger partial charge in [0.25, 0.3) is 0 Å². The van der Waals surface area contributed by atoms with Gasteiger partial charge >= 0.3 is 11.9 Å². The quantitative estimate of drug-likeness (QED) is 0.0373. The van der Waals surface area contributed by atoms with E-state index in [0.717, 1.165) is 77.0 Å². The van der Waals surface area contributed by atoms with Crippen LogP contribution in [0.4, 0.5) is 0 Å². The van der Waals surface area contributed by atoms with Gasteiger partial charge in [-0.25, -0.2) is 0 Å². The molecule has 0 radical (unpaired) electrons. The average molecular weight is 976 g/mol. The minimum absolute atomic E-state index is 0.0678. The maximum Gasteiger partial charge on any atom is 0.306 e.